The van der Waals surface area contributed by atoms with Crippen LogP contribution in [0, 0.1) is 0 Å². The summed E-state index contributed by atoms with van der Waals surface area (Å²) < 4.78 is 0. The molecule has 1 atom stereocenters. The fraction of sp³-hybridized carbons (Fsp3) is 0.538. The van der Waals surface area contributed by atoms with E-state index < -0.39 is 0 Å². The molecule has 2 saturated heterocycles. The molecule has 2 aliphatic rings. The number of rotatable bonds is 1. The predicted molar refractivity (Wildman–Crippen MR) is 74.2 cm³/mol. The Morgan fingerprint density at radius 2 is 2.26 bits per heavy atom. The van der Waals surface area contributed by atoms with Crippen LogP contribution in [0.25, 0.3) is 0 Å². The Bertz CT molecular complexity index is 507. The van der Waals surface area contributed by atoms with Crippen molar-refractivity contribution in [2.75, 3.05) is 31.9 Å². The zero-order valence-corrected chi connectivity index (χ0v) is 11.4. The molecule has 0 aliphatic carbocycles. The van der Waals surface area contributed by atoms with Crippen molar-refractivity contribution in [3.05, 3.63) is 22.8 Å². The first kappa shape index (κ1) is 12.7. The van der Waals surface area contributed by atoms with E-state index >= 15 is 0 Å². The Hall–Kier alpha value is -1.33. The van der Waals surface area contributed by atoms with Crippen molar-refractivity contribution in [2.45, 2.75) is 18.9 Å². The SMILES string of the molecule is Nc1cc(C(=O)N2CCN3CCCC3C2)c(Cl)cn1. The lowest BCUT2D eigenvalue weighted by molar-refractivity contribution is 0.0571. The van der Waals surface area contributed by atoms with E-state index in [9.17, 15) is 4.79 Å². The average Bonchev–Trinajstić information content (AvgIpc) is 2.88. The number of pyridine rings is 1. The standard InChI is InChI=1S/C13H17ClN4O/c14-11-7-16-12(15)6-10(11)13(19)18-5-4-17-3-1-2-9(17)8-18/h6-7,9H,1-5,8H2,(H2,15,16). The highest BCUT2D eigenvalue weighted by molar-refractivity contribution is 6.33. The van der Waals surface area contributed by atoms with E-state index in [1.165, 1.54) is 19.0 Å². The molecule has 19 heavy (non-hydrogen) atoms. The Morgan fingerprint density at radius 1 is 1.42 bits per heavy atom. The molecule has 3 heterocycles. The van der Waals surface area contributed by atoms with Crippen molar-refractivity contribution in [3.63, 3.8) is 0 Å². The topological polar surface area (TPSA) is 62.5 Å². The summed E-state index contributed by atoms with van der Waals surface area (Å²) in [7, 11) is 0. The maximum atomic E-state index is 12.5. The minimum absolute atomic E-state index is 0.0364. The third-order valence-electron chi connectivity index (χ3n) is 3.98. The van der Waals surface area contributed by atoms with Gasteiger partial charge in [-0.25, -0.2) is 4.98 Å². The van der Waals surface area contributed by atoms with E-state index in [4.69, 9.17) is 17.3 Å². The summed E-state index contributed by atoms with van der Waals surface area (Å²) >= 11 is 6.05. The number of fused-ring (bicyclic) bond motifs is 1. The summed E-state index contributed by atoms with van der Waals surface area (Å²) in [4.78, 5) is 20.7. The second-order valence-corrected chi connectivity index (χ2v) is 5.58. The van der Waals surface area contributed by atoms with Crippen LogP contribution in [0.3, 0.4) is 0 Å². The number of nitrogens with two attached hydrogens (primary N) is 1. The summed E-state index contributed by atoms with van der Waals surface area (Å²) in [6.45, 7) is 3.66. The fourth-order valence-electron chi connectivity index (χ4n) is 2.96. The van der Waals surface area contributed by atoms with Gasteiger partial charge in [0, 0.05) is 31.9 Å². The molecule has 1 aromatic rings. The second kappa shape index (κ2) is 4.98. The van der Waals surface area contributed by atoms with E-state index in [0.717, 1.165) is 26.2 Å². The molecule has 2 N–H and O–H groups in total. The predicted octanol–water partition coefficient (Wildman–Crippen LogP) is 1.24. The highest BCUT2D eigenvalue weighted by Crippen LogP contribution is 2.24. The first-order valence-electron chi connectivity index (χ1n) is 6.59. The van der Waals surface area contributed by atoms with Crippen LogP contribution in [0.2, 0.25) is 5.02 Å². The highest BCUT2D eigenvalue weighted by Gasteiger charge is 2.33. The Labute approximate surface area is 117 Å². The quantitative estimate of drug-likeness (QED) is 0.841. The van der Waals surface area contributed by atoms with Gasteiger partial charge in [-0.3, -0.25) is 9.69 Å². The van der Waals surface area contributed by atoms with Crippen LogP contribution < -0.4 is 5.73 Å². The van der Waals surface area contributed by atoms with Crippen molar-refractivity contribution in [1.29, 1.82) is 0 Å². The summed E-state index contributed by atoms with van der Waals surface area (Å²) in [6.07, 6.45) is 3.85. The van der Waals surface area contributed by atoms with Gasteiger partial charge in [0.1, 0.15) is 5.82 Å². The maximum Gasteiger partial charge on any atom is 0.255 e. The molecule has 0 radical (unpaired) electrons. The number of nitrogens with zero attached hydrogens (tertiary/aromatic N) is 3. The van der Waals surface area contributed by atoms with Gasteiger partial charge in [-0.15, -0.1) is 0 Å². The van der Waals surface area contributed by atoms with Gasteiger partial charge in [0.2, 0.25) is 0 Å². The number of amides is 1. The van der Waals surface area contributed by atoms with Crippen LogP contribution >= 0.6 is 11.6 Å². The molecule has 0 spiro atoms. The van der Waals surface area contributed by atoms with Crippen LogP contribution in [-0.2, 0) is 0 Å². The van der Waals surface area contributed by atoms with Crippen molar-refractivity contribution in [1.82, 2.24) is 14.8 Å². The molecule has 2 fully saturated rings. The van der Waals surface area contributed by atoms with E-state index in [2.05, 4.69) is 9.88 Å². The normalized spacial score (nSPS) is 23.4. The lowest BCUT2D eigenvalue weighted by atomic mass is 10.1. The third kappa shape index (κ3) is 2.40. The van der Waals surface area contributed by atoms with Crippen LogP contribution in [-0.4, -0.2) is 52.9 Å². The second-order valence-electron chi connectivity index (χ2n) is 5.17. The molecule has 0 aromatic carbocycles. The zero-order chi connectivity index (χ0) is 13.4. The molecule has 1 amide bonds. The summed E-state index contributed by atoms with van der Waals surface area (Å²) in [5, 5.41) is 0.369. The molecule has 0 bridgehead atoms. The molecule has 3 rings (SSSR count). The van der Waals surface area contributed by atoms with E-state index in [0.29, 0.717) is 22.4 Å². The number of halogens is 1. The third-order valence-corrected chi connectivity index (χ3v) is 4.28. The van der Waals surface area contributed by atoms with E-state index in [-0.39, 0.29) is 5.91 Å². The number of carbonyl (C=O) groups is 1. The van der Waals surface area contributed by atoms with Gasteiger partial charge in [-0.05, 0) is 25.5 Å². The van der Waals surface area contributed by atoms with Crippen LogP contribution in [0.5, 0.6) is 0 Å². The average molecular weight is 281 g/mol. The summed E-state index contributed by atoms with van der Waals surface area (Å²) in [5.41, 5.74) is 6.09. The smallest absolute Gasteiger partial charge is 0.255 e. The van der Waals surface area contributed by atoms with Crippen LogP contribution in [0.1, 0.15) is 23.2 Å². The lowest BCUT2D eigenvalue weighted by Crippen LogP contribution is -2.52. The van der Waals surface area contributed by atoms with Gasteiger partial charge < -0.3 is 10.6 Å². The largest absolute Gasteiger partial charge is 0.384 e. The minimum Gasteiger partial charge on any atom is -0.384 e. The van der Waals surface area contributed by atoms with Gasteiger partial charge >= 0.3 is 0 Å². The van der Waals surface area contributed by atoms with Crippen molar-refractivity contribution >= 4 is 23.3 Å². The van der Waals surface area contributed by atoms with Gasteiger partial charge in [0.25, 0.3) is 5.91 Å². The number of hydrogen-bond donors (Lipinski definition) is 1. The van der Waals surface area contributed by atoms with Gasteiger partial charge in [-0.2, -0.15) is 0 Å². The maximum absolute atomic E-state index is 12.5. The van der Waals surface area contributed by atoms with Crippen molar-refractivity contribution < 1.29 is 4.79 Å². The molecule has 2 aliphatic heterocycles. The molecule has 5 nitrogen and oxygen atoms in total. The number of aromatic nitrogens is 1. The van der Waals surface area contributed by atoms with Crippen molar-refractivity contribution in [3.8, 4) is 0 Å². The number of piperazine rings is 1. The van der Waals surface area contributed by atoms with Crippen molar-refractivity contribution in [2.24, 2.45) is 0 Å². The number of hydrogen-bond acceptors (Lipinski definition) is 4. The number of carbonyl (C=O) groups excluding carboxylic acids is 1. The molecular weight excluding hydrogens is 264 g/mol. The van der Waals surface area contributed by atoms with Gasteiger partial charge in [-0.1, -0.05) is 11.6 Å². The van der Waals surface area contributed by atoms with Gasteiger partial charge in [0.05, 0.1) is 10.6 Å². The zero-order valence-electron chi connectivity index (χ0n) is 10.7. The molecule has 0 saturated carbocycles. The molecule has 6 heteroatoms. The number of nitrogen functional groups attached to an aromatic ring is 1. The highest BCUT2D eigenvalue weighted by atomic mass is 35.5. The summed E-state index contributed by atoms with van der Waals surface area (Å²) in [6, 6.07) is 2.07. The van der Waals surface area contributed by atoms with E-state index in [1.54, 1.807) is 6.07 Å². The lowest BCUT2D eigenvalue weighted by Gasteiger charge is -2.37. The first-order valence-corrected chi connectivity index (χ1v) is 6.97. The Balaban J connectivity index is 1.78. The van der Waals surface area contributed by atoms with Crippen LogP contribution in [0.15, 0.2) is 12.3 Å². The molecule has 1 unspecified atom stereocenters. The fourth-order valence-corrected chi connectivity index (χ4v) is 3.15. The molecular formula is C13H17ClN4O. The summed E-state index contributed by atoms with van der Waals surface area (Å²) in [5.74, 6) is 0.290. The number of anilines is 1. The Morgan fingerprint density at radius 3 is 3.11 bits per heavy atom. The first-order chi connectivity index (χ1) is 9.15. The van der Waals surface area contributed by atoms with E-state index in [1.807, 2.05) is 4.90 Å². The monoisotopic (exact) mass is 280 g/mol. The van der Waals surface area contributed by atoms with Gasteiger partial charge in [0.15, 0.2) is 0 Å². The Kier molecular flexibility index (Phi) is 3.33. The molecule has 102 valence electrons. The molecule has 1 aromatic heterocycles. The van der Waals surface area contributed by atoms with Crippen LogP contribution in [0.4, 0.5) is 5.82 Å². The minimum atomic E-state index is -0.0364.